The first-order valence-corrected chi connectivity index (χ1v) is 9.22. The number of halogens is 1. The van der Waals surface area contributed by atoms with Crippen molar-refractivity contribution in [3.05, 3.63) is 53.2 Å². The molecule has 2 heterocycles. The number of hydrogen-bond acceptors (Lipinski definition) is 5. The highest BCUT2D eigenvalue weighted by atomic mass is 35.5. The Kier molecular flexibility index (Phi) is 4.71. The van der Waals surface area contributed by atoms with E-state index in [1.54, 1.807) is 30.5 Å². The molecule has 1 aromatic heterocycles. The Morgan fingerprint density at radius 3 is 2.77 bits per heavy atom. The van der Waals surface area contributed by atoms with Gasteiger partial charge in [-0.1, -0.05) is 17.7 Å². The van der Waals surface area contributed by atoms with Gasteiger partial charge in [-0.05, 0) is 55.0 Å². The van der Waals surface area contributed by atoms with E-state index in [1.807, 2.05) is 12.1 Å². The van der Waals surface area contributed by atoms with E-state index in [4.69, 9.17) is 16.3 Å². The molecular weight excluding hydrogens is 350 g/mol. The largest absolute Gasteiger partial charge is 0.488 e. The number of fused-ring (bicyclic) bond motifs is 1. The summed E-state index contributed by atoms with van der Waals surface area (Å²) in [5, 5.41) is 20.5. The molecule has 1 aliphatic carbocycles. The summed E-state index contributed by atoms with van der Waals surface area (Å²) >= 11 is 6.02. The van der Waals surface area contributed by atoms with Gasteiger partial charge in [-0.25, -0.2) is 4.98 Å². The summed E-state index contributed by atoms with van der Waals surface area (Å²) in [7, 11) is 0. The Morgan fingerprint density at radius 2 is 2.00 bits per heavy atom. The van der Waals surface area contributed by atoms with Crippen molar-refractivity contribution in [3.63, 3.8) is 0 Å². The summed E-state index contributed by atoms with van der Waals surface area (Å²) in [6.07, 6.45) is 2.45. The average Bonchev–Trinajstić information content (AvgIpc) is 3.04. The minimum absolute atomic E-state index is 0.242. The topological polar surface area (TPSA) is 69.4 Å². The molecule has 6 heteroatoms. The molecule has 5 nitrogen and oxygen atoms in total. The fraction of sp³-hybridized carbons (Fsp3) is 0.400. The molecule has 134 valence electrons. The average molecular weight is 370 g/mol. The number of aromatic nitrogens is 1. The smallest absolute Gasteiger partial charge is 0.146 e. The van der Waals surface area contributed by atoms with Crippen molar-refractivity contribution in [3.8, 4) is 11.8 Å². The van der Waals surface area contributed by atoms with Crippen LogP contribution in [0.3, 0.4) is 0 Å². The lowest BCUT2D eigenvalue weighted by atomic mass is 9.78. The Balaban J connectivity index is 1.47. The maximum atomic E-state index is 10.6. The zero-order valence-electron chi connectivity index (χ0n) is 14.3. The minimum atomic E-state index is -0.505. The molecule has 0 amide bonds. The fourth-order valence-corrected chi connectivity index (χ4v) is 4.32. The van der Waals surface area contributed by atoms with E-state index < -0.39 is 6.10 Å². The number of aliphatic hydroxyl groups excluding tert-OH is 1. The molecule has 1 aliphatic heterocycles. The van der Waals surface area contributed by atoms with E-state index in [0.717, 1.165) is 25.3 Å². The highest BCUT2D eigenvalue weighted by Crippen LogP contribution is 2.39. The molecule has 2 aliphatic rings. The van der Waals surface area contributed by atoms with Crippen LogP contribution in [-0.2, 0) is 0 Å². The van der Waals surface area contributed by atoms with Gasteiger partial charge < -0.3 is 14.7 Å². The summed E-state index contributed by atoms with van der Waals surface area (Å²) < 4.78 is 6.02. The predicted octanol–water partition coefficient (Wildman–Crippen LogP) is 3.26. The summed E-state index contributed by atoms with van der Waals surface area (Å²) in [5.74, 6) is 2.23. The van der Waals surface area contributed by atoms with Crippen LogP contribution in [0.25, 0.3) is 0 Å². The Hall–Kier alpha value is -2.29. The van der Waals surface area contributed by atoms with E-state index >= 15 is 0 Å². The molecule has 1 saturated carbocycles. The lowest BCUT2D eigenvalue weighted by Gasteiger charge is -2.35. The third-order valence-corrected chi connectivity index (χ3v) is 5.61. The van der Waals surface area contributed by atoms with Gasteiger partial charge in [0, 0.05) is 24.3 Å². The lowest BCUT2D eigenvalue weighted by molar-refractivity contribution is -0.0231. The lowest BCUT2D eigenvalue weighted by Crippen LogP contribution is -2.42. The molecule has 1 saturated heterocycles. The number of ether oxygens (including phenoxy) is 1. The van der Waals surface area contributed by atoms with E-state index in [-0.39, 0.29) is 6.10 Å². The van der Waals surface area contributed by atoms with Crippen molar-refractivity contribution < 1.29 is 9.84 Å². The fourth-order valence-electron chi connectivity index (χ4n) is 4.14. The molecular formula is C20H20ClN3O2. The first-order chi connectivity index (χ1) is 12.6. The number of benzene rings is 1. The predicted molar refractivity (Wildman–Crippen MR) is 99.3 cm³/mol. The molecule has 4 rings (SSSR count). The second kappa shape index (κ2) is 7.14. The maximum absolute atomic E-state index is 10.6. The van der Waals surface area contributed by atoms with E-state index in [9.17, 15) is 10.4 Å². The van der Waals surface area contributed by atoms with Crippen LogP contribution in [0.5, 0.6) is 5.75 Å². The molecule has 2 aromatic rings. The molecule has 1 N–H and O–H groups in total. The molecule has 0 radical (unpaired) electrons. The summed E-state index contributed by atoms with van der Waals surface area (Å²) in [5.41, 5.74) is 0.596. The first kappa shape index (κ1) is 17.1. The monoisotopic (exact) mass is 369 g/mol. The minimum Gasteiger partial charge on any atom is -0.488 e. The summed E-state index contributed by atoms with van der Waals surface area (Å²) in [4.78, 5) is 6.57. The number of pyridine rings is 1. The Bertz CT molecular complexity index is 838. The molecule has 0 unspecified atom stereocenters. The van der Waals surface area contributed by atoms with Crippen molar-refractivity contribution in [1.29, 1.82) is 5.26 Å². The quantitative estimate of drug-likeness (QED) is 0.899. The van der Waals surface area contributed by atoms with Crippen molar-refractivity contribution in [2.45, 2.75) is 25.0 Å². The maximum Gasteiger partial charge on any atom is 0.146 e. The van der Waals surface area contributed by atoms with Gasteiger partial charge in [0.25, 0.3) is 0 Å². The van der Waals surface area contributed by atoms with Crippen LogP contribution in [0.15, 0.2) is 42.6 Å². The molecule has 0 bridgehead atoms. The van der Waals surface area contributed by atoms with Gasteiger partial charge >= 0.3 is 0 Å². The third-order valence-electron chi connectivity index (χ3n) is 5.38. The van der Waals surface area contributed by atoms with Crippen LogP contribution < -0.4 is 9.64 Å². The number of nitrogens with zero attached hydrogens (tertiary/aromatic N) is 3. The van der Waals surface area contributed by atoms with Crippen LogP contribution in [0.4, 0.5) is 5.82 Å². The van der Waals surface area contributed by atoms with E-state index in [0.29, 0.717) is 34.6 Å². The van der Waals surface area contributed by atoms with Crippen molar-refractivity contribution in [2.75, 3.05) is 18.0 Å². The first-order valence-electron chi connectivity index (χ1n) is 8.84. The Morgan fingerprint density at radius 1 is 1.19 bits per heavy atom. The third kappa shape index (κ3) is 3.35. The van der Waals surface area contributed by atoms with Gasteiger partial charge in [-0.2, -0.15) is 5.26 Å². The van der Waals surface area contributed by atoms with Crippen LogP contribution in [0, 0.1) is 23.2 Å². The number of aliphatic hydroxyl groups is 1. The van der Waals surface area contributed by atoms with Crippen LogP contribution >= 0.6 is 11.6 Å². The van der Waals surface area contributed by atoms with Crippen molar-refractivity contribution in [1.82, 2.24) is 4.98 Å². The van der Waals surface area contributed by atoms with Gasteiger partial charge in [0.15, 0.2) is 0 Å². The molecule has 2 fully saturated rings. The summed E-state index contributed by atoms with van der Waals surface area (Å²) in [6, 6.07) is 13.1. The van der Waals surface area contributed by atoms with Crippen LogP contribution in [0.1, 0.15) is 18.4 Å². The SMILES string of the molecule is N#Cc1cccnc1N1C[C@H]2C[C@@H](Oc3cccc(Cl)c3)[C@H](O)C[C@H]2C1. The second-order valence-corrected chi connectivity index (χ2v) is 7.50. The number of nitriles is 1. The van der Waals surface area contributed by atoms with E-state index in [2.05, 4.69) is 16.0 Å². The molecule has 1 aromatic carbocycles. The number of rotatable bonds is 3. The van der Waals surface area contributed by atoms with Crippen molar-refractivity contribution >= 4 is 17.4 Å². The van der Waals surface area contributed by atoms with Gasteiger partial charge in [0.05, 0.1) is 11.7 Å². The van der Waals surface area contributed by atoms with Gasteiger partial charge in [-0.15, -0.1) is 0 Å². The standard InChI is InChI=1S/C20H20ClN3O2/c21-16-4-1-5-17(9-16)26-19-8-15-12-24(11-14(15)7-18(19)25)20-13(10-22)3-2-6-23-20/h1-6,9,14-15,18-19,25H,7-8,11-12H2/t14-,15+,18+,19+/m0/s1. The normalized spacial score (nSPS) is 27.7. The number of hydrogen-bond donors (Lipinski definition) is 1. The molecule has 0 spiro atoms. The van der Waals surface area contributed by atoms with Crippen LogP contribution in [-0.4, -0.2) is 35.4 Å². The second-order valence-electron chi connectivity index (χ2n) is 7.06. The zero-order chi connectivity index (χ0) is 18.1. The van der Waals surface area contributed by atoms with E-state index in [1.165, 1.54) is 0 Å². The number of anilines is 1. The molecule has 26 heavy (non-hydrogen) atoms. The zero-order valence-corrected chi connectivity index (χ0v) is 15.0. The van der Waals surface area contributed by atoms with Gasteiger partial charge in [-0.3, -0.25) is 0 Å². The van der Waals surface area contributed by atoms with Gasteiger partial charge in [0.1, 0.15) is 23.7 Å². The summed E-state index contributed by atoms with van der Waals surface area (Å²) in [6.45, 7) is 1.65. The van der Waals surface area contributed by atoms with Gasteiger partial charge in [0.2, 0.25) is 0 Å². The Labute approximate surface area is 157 Å². The van der Waals surface area contributed by atoms with Crippen LogP contribution in [0.2, 0.25) is 5.02 Å². The highest BCUT2D eigenvalue weighted by molar-refractivity contribution is 6.30. The highest BCUT2D eigenvalue weighted by Gasteiger charge is 2.43. The van der Waals surface area contributed by atoms with Crippen molar-refractivity contribution in [2.24, 2.45) is 11.8 Å². The molecule has 4 atom stereocenters.